The summed E-state index contributed by atoms with van der Waals surface area (Å²) in [7, 11) is 8.58. The van der Waals surface area contributed by atoms with Gasteiger partial charge in [-0.25, -0.2) is 0 Å². The lowest BCUT2D eigenvalue weighted by molar-refractivity contribution is -0.109. The molecule has 0 saturated carbocycles. The van der Waals surface area contributed by atoms with E-state index in [9.17, 15) is 0 Å². The van der Waals surface area contributed by atoms with E-state index in [-0.39, 0.29) is 5.60 Å². The van der Waals surface area contributed by atoms with Gasteiger partial charge >= 0.3 is 0 Å². The van der Waals surface area contributed by atoms with Gasteiger partial charge in [-0.1, -0.05) is 0 Å². The van der Waals surface area contributed by atoms with Gasteiger partial charge in [0.15, 0.2) is 0 Å². The van der Waals surface area contributed by atoms with Crippen molar-refractivity contribution in [1.29, 1.82) is 0 Å². The van der Waals surface area contributed by atoms with Gasteiger partial charge in [0.2, 0.25) is 0 Å². The highest BCUT2D eigenvalue weighted by Gasteiger charge is 2.40. The van der Waals surface area contributed by atoms with Crippen molar-refractivity contribution >= 4 is 0 Å². The Balaban J connectivity index is 2.55. The Bertz CT molecular complexity index is 266. The fourth-order valence-corrected chi connectivity index (χ4v) is 3.26. The summed E-state index contributed by atoms with van der Waals surface area (Å²) in [5.74, 6) is 0. The summed E-state index contributed by atoms with van der Waals surface area (Å²) in [6, 6.07) is 0. The van der Waals surface area contributed by atoms with Gasteiger partial charge < -0.3 is 19.9 Å². The predicted octanol–water partition coefficient (Wildman–Crippen LogP) is 1.27. The van der Waals surface area contributed by atoms with Gasteiger partial charge in [-0.3, -0.25) is 0 Å². The molecule has 0 aromatic heterocycles. The lowest BCUT2D eigenvalue weighted by atomic mass is 9.73. The topological polar surface area (TPSA) is 27.7 Å². The molecule has 19 heavy (non-hydrogen) atoms. The minimum Gasteiger partial charge on any atom is -0.376 e. The molecule has 0 aliphatic carbocycles. The van der Waals surface area contributed by atoms with Crippen LogP contribution in [0.3, 0.4) is 0 Å². The van der Waals surface area contributed by atoms with Gasteiger partial charge in [0, 0.05) is 38.2 Å². The molecule has 4 heteroatoms. The summed E-state index contributed by atoms with van der Waals surface area (Å²) in [6.07, 6.45) is 2.29. The number of hydrogen-bond donors (Lipinski definition) is 1. The summed E-state index contributed by atoms with van der Waals surface area (Å²) in [5, 5.41) is 3.65. The van der Waals surface area contributed by atoms with Crippen LogP contribution in [-0.4, -0.2) is 76.4 Å². The number of hydrogen-bond acceptors (Lipinski definition) is 4. The van der Waals surface area contributed by atoms with Crippen molar-refractivity contribution in [2.75, 3.05) is 61.0 Å². The first kappa shape index (κ1) is 16.9. The first-order valence-electron chi connectivity index (χ1n) is 7.39. The number of nitrogens with zero attached hydrogens (tertiary/aromatic N) is 2. The minimum absolute atomic E-state index is 0.0114. The first-order chi connectivity index (χ1) is 8.75. The largest absolute Gasteiger partial charge is 0.376 e. The Labute approximate surface area is 119 Å². The smallest absolute Gasteiger partial charge is 0.0632 e. The van der Waals surface area contributed by atoms with Crippen LogP contribution in [0.15, 0.2) is 0 Å². The normalized spacial score (nSPS) is 27.2. The van der Waals surface area contributed by atoms with Crippen LogP contribution >= 0.6 is 0 Å². The van der Waals surface area contributed by atoms with Crippen LogP contribution in [0.4, 0.5) is 0 Å². The molecule has 0 radical (unpaired) electrons. The zero-order valence-electron chi connectivity index (χ0n) is 13.8. The number of likely N-dealkylation sites (N-methyl/N-ethyl adjacent to an activating group) is 1. The molecule has 114 valence electrons. The third-order valence-electron chi connectivity index (χ3n) is 3.81. The van der Waals surface area contributed by atoms with Crippen molar-refractivity contribution in [2.45, 2.75) is 32.3 Å². The predicted molar refractivity (Wildman–Crippen MR) is 81.7 cm³/mol. The Hall–Kier alpha value is -0.160. The van der Waals surface area contributed by atoms with Crippen LogP contribution in [0.2, 0.25) is 0 Å². The van der Waals surface area contributed by atoms with E-state index in [0.29, 0.717) is 5.41 Å². The fraction of sp³-hybridized carbons (Fsp3) is 1.00. The third-order valence-corrected chi connectivity index (χ3v) is 3.81. The van der Waals surface area contributed by atoms with Crippen molar-refractivity contribution in [2.24, 2.45) is 5.41 Å². The van der Waals surface area contributed by atoms with E-state index in [4.69, 9.17) is 4.74 Å². The summed E-state index contributed by atoms with van der Waals surface area (Å²) in [4.78, 5) is 4.54. The third kappa shape index (κ3) is 6.21. The highest BCUT2D eigenvalue weighted by atomic mass is 16.5. The second-order valence-corrected chi connectivity index (χ2v) is 7.25. The molecule has 0 unspecified atom stereocenters. The Morgan fingerprint density at radius 3 is 2.32 bits per heavy atom. The summed E-state index contributed by atoms with van der Waals surface area (Å²) in [6.45, 7) is 9.70. The van der Waals surface area contributed by atoms with E-state index in [1.807, 2.05) is 0 Å². The molecule has 1 fully saturated rings. The van der Waals surface area contributed by atoms with Crippen molar-refractivity contribution in [3.8, 4) is 0 Å². The quantitative estimate of drug-likeness (QED) is 0.706. The van der Waals surface area contributed by atoms with Crippen LogP contribution in [-0.2, 0) is 4.74 Å². The molecule has 0 bridgehead atoms. The van der Waals surface area contributed by atoms with Crippen LogP contribution in [0.25, 0.3) is 0 Å². The average molecular weight is 271 g/mol. The van der Waals surface area contributed by atoms with Gasteiger partial charge in [0.25, 0.3) is 0 Å². The highest BCUT2D eigenvalue weighted by Crippen LogP contribution is 2.38. The molecule has 1 rings (SSSR count). The number of ether oxygens (including phenoxy) is 1. The molecule has 1 aliphatic heterocycles. The van der Waals surface area contributed by atoms with Crippen LogP contribution in [0.5, 0.6) is 0 Å². The second-order valence-electron chi connectivity index (χ2n) is 7.25. The van der Waals surface area contributed by atoms with Crippen molar-refractivity contribution < 1.29 is 4.74 Å². The molecular weight excluding hydrogens is 238 g/mol. The molecule has 0 spiro atoms. The molecule has 1 N–H and O–H groups in total. The highest BCUT2D eigenvalue weighted by molar-refractivity contribution is 4.93. The van der Waals surface area contributed by atoms with Crippen LogP contribution < -0.4 is 5.32 Å². The summed E-state index contributed by atoms with van der Waals surface area (Å²) < 4.78 is 5.89. The molecule has 1 aliphatic rings. The molecule has 0 aromatic carbocycles. The maximum atomic E-state index is 5.89. The van der Waals surface area contributed by atoms with Gasteiger partial charge in [-0.2, -0.15) is 0 Å². The Morgan fingerprint density at radius 1 is 1.11 bits per heavy atom. The lowest BCUT2D eigenvalue weighted by Gasteiger charge is -2.46. The molecule has 0 amide bonds. The number of rotatable bonds is 7. The second kappa shape index (κ2) is 7.02. The van der Waals surface area contributed by atoms with Crippen molar-refractivity contribution in [3.63, 3.8) is 0 Å². The van der Waals surface area contributed by atoms with Gasteiger partial charge in [0.1, 0.15) is 0 Å². The van der Waals surface area contributed by atoms with Gasteiger partial charge in [-0.05, 0) is 54.9 Å². The Morgan fingerprint density at radius 2 is 1.79 bits per heavy atom. The SMILES string of the molecule is CN(C)CCNC[C@@]1(CN(C)C)CCOC(C)(C)C1. The number of nitrogens with one attached hydrogen (secondary N) is 1. The van der Waals surface area contributed by atoms with E-state index in [0.717, 1.165) is 45.6 Å². The standard InChI is InChI=1S/C15H33N3O/c1-14(2)11-15(7-10-19-14,13-18(5)6)12-16-8-9-17(3)4/h16H,7-13H2,1-6H3/t15-/m1/s1. The van der Waals surface area contributed by atoms with Crippen molar-refractivity contribution in [1.82, 2.24) is 15.1 Å². The fourth-order valence-electron chi connectivity index (χ4n) is 3.26. The van der Waals surface area contributed by atoms with E-state index >= 15 is 0 Å². The van der Waals surface area contributed by atoms with Gasteiger partial charge in [-0.15, -0.1) is 0 Å². The van der Waals surface area contributed by atoms with Crippen molar-refractivity contribution in [3.05, 3.63) is 0 Å². The summed E-state index contributed by atoms with van der Waals surface area (Å²) >= 11 is 0. The van der Waals surface area contributed by atoms with Crippen LogP contribution in [0, 0.1) is 5.41 Å². The molecule has 1 atom stereocenters. The van der Waals surface area contributed by atoms with E-state index < -0.39 is 0 Å². The monoisotopic (exact) mass is 271 g/mol. The average Bonchev–Trinajstić information content (AvgIpc) is 2.21. The molecule has 1 heterocycles. The molecule has 4 nitrogen and oxygen atoms in total. The zero-order valence-corrected chi connectivity index (χ0v) is 13.8. The van der Waals surface area contributed by atoms with E-state index in [2.05, 4.69) is 57.2 Å². The first-order valence-corrected chi connectivity index (χ1v) is 7.39. The molecule has 0 aromatic rings. The lowest BCUT2D eigenvalue weighted by Crippen LogP contribution is -2.51. The van der Waals surface area contributed by atoms with Gasteiger partial charge in [0.05, 0.1) is 5.60 Å². The van der Waals surface area contributed by atoms with E-state index in [1.54, 1.807) is 0 Å². The summed E-state index contributed by atoms with van der Waals surface area (Å²) in [5.41, 5.74) is 0.356. The Kier molecular flexibility index (Phi) is 6.24. The molecular formula is C15H33N3O. The molecule has 1 saturated heterocycles. The maximum absolute atomic E-state index is 5.89. The maximum Gasteiger partial charge on any atom is 0.0632 e. The zero-order chi connectivity index (χ0) is 14.5. The van der Waals surface area contributed by atoms with Crippen LogP contribution in [0.1, 0.15) is 26.7 Å². The minimum atomic E-state index is 0.0114. The van der Waals surface area contributed by atoms with E-state index in [1.165, 1.54) is 0 Å².